The number of carbonyl (C=O) groups excluding carboxylic acids is 1. The average Bonchev–Trinajstić information content (AvgIpc) is 2.67. The number of fused-ring (bicyclic) bond motifs is 1. The molecule has 7 heteroatoms. The van der Waals surface area contributed by atoms with Crippen LogP contribution in [-0.4, -0.2) is 41.4 Å². The van der Waals surface area contributed by atoms with Gasteiger partial charge in [0.15, 0.2) is 18.2 Å². The van der Waals surface area contributed by atoms with Gasteiger partial charge >= 0.3 is 0 Å². The molecule has 2 aliphatic rings. The maximum absolute atomic E-state index is 11.2. The zero-order valence-corrected chi connectivity index (χ0v) is 9.67. The highest BCUT2D eigenvalue weighted by Gasteiger charge is 2.30. The second kappa shape index (κ2) is 4.11. The summed E-state index contributed by atoms with van der Waals surface area (Å²) in [5.74, 6) is 1.28. The highest BCUT2D eigenvalue weighted by atomic mass is 16.5. The Morgan fingerprint density at radius 2 is 2.39 bits per heavy atom. The van der Waals surface area contributed by atoms with Crippen LogP contribution in [0.3, 0.4) is 0 Å². The van der Waals surface area contributed by atoms with E-state index in [0.29, 0.717) is 30.4 Å². The average molecular weight is 250 g/mol. The summed E-state index contributed by atoms with van der Waals surface area (Å²) in [6, 6.07) is 3.41. The monoisotopic (exact) mass is 250 g/mol. The van der Waals surface area contributed by atoms with Crippen LogP contribution in [0, 0.1) is 0 Å². The second-order valence-electron chi connectivity index (χ2n) is 4.48. The molecule has 2 aliphatic heterocycles. The van der Waals surface area contributed by atoms with Crippen LogP contribution in [0.15, 0.2) is 12.1 Å². The first-order chi connectivity index (χ1) is 8.63. The van der Waals surface area contributed by atoms with Gasteiger partial charge in [-0.3, -0.25) is 4.79 Å². The molecule has 96 valence electrons. The summed E-state index contributed by atoms with van der Waals surface area (Å²) in [5, 5.41) is 12.5. The van der Waals surface area contributed by atoms with E-state index in [1.165, 1.54) is 0 Å². The Bertz CT molecular complexity index is 493. The summed E-state index contributed by atoms with van der Waals surface area (Å²) in [6.07, 6.45) is -0.118. The van der Waals surface area contributed by atoms with Gasteiger partial charge in [-0.25, -0.2) is 4.98 Å². The van der Waals surface area contributed by atoms with Crippen LogP contribution >= 0.6 is 0 Å². The van der Waals surface area contributed by atoms with Crippen molar-refractivity contribution < 1.29 is 14.6 Å². The number of carbonyl (C=O) groups is 1. The number of nitrogens with zero attached hydrogens (tertiary/aromatic N) is 2. The van der Waals surface area contributed by atoms with Crippen LogP contribution in [0.2, 0.25) is 0 Å². The number of aliphatic hydroxyl groups is 1. The summed E-state index contributed by atoms with van der Waals surface area (Å²) < 4.78 is 5.22. The lowest BCUT2D eigenvalue weighted by Crippen LogP contribution is -2.32. The third-order valence-corrected chi connectivity index (χ3v) is 3.06. The first kappa shape index (κ1) is 11.2. The lowest BCUT2D eigenvalue weighted by atomic mass is 10.3. The molecule has 3 heterocycles. The van der Waals surface area contributed by atoms with Crippen molar-refractivity contribution in [2.24, 2.45) is 5.73 Å². The Hall–Kier alpha value is -1.86. The highest BCUT2D eigenvalue weighted by molar-refractivity contribution is 5.94. The molecule has 1 saturated heterocycles. The summed E-state index contributed by atoms with van der Waals surface area (Å²) in [4.78, 5) is 17.2. The number of aromatic nitrogens is 1. The largest absolute Gasteiger partial charge is 0.480 e. The fourth-order valence-corrected chi connectivity index (χ4v) is 2.21. The smallest absolute Gasteiger partial charge is 0.263 e. The van der Waals surface area contributed by atoms with E-state index >= 15 is 0 Å². The summed E-state index contributed by atoms with van der Waals surface area (Å²) in [5.41, 5.74) is 5.79. The lowest BCUT2D eigenvalue weighted by Gasteiger charge is -2.24. The second-order valence-corrected chi connectivity index (χ2v) is 4.48. The molecule has 7 nitrogen and oxygen atoms in total. The Morgan fingerprint density at radius 3 is 3.11 bits per heavy atom. The Kier molecular flexibility index (Phi) is 2.57. The number of ether oxygens (including phenoxy) is 1. The van der Waals surface area contributed by atoms with Gasteiger partial charge in [0, 0.05) is 19.0 Å². The van der Waals surface area contributed by atoms with Crippen LogP contribution in [-0.2, 0) is 4.79 Å². The number of rotatable bonds is 1. The molecule has 1 amide bonds. The number of anilines is 2. The summed E-state index contributed by atoms with van der Waals surface area (Å²) in [7, 11) is 0. The van der Waals surface area contributed by atoms with E-state index < -0.39 is 6.23 Å². The minimum absolute atomic E-state index is 0.00520. The minimum atomic E-state index is -0.634. The normalized spacial score (nSPS) is 26.6. The van der Waals surface area contributed by atoms with Crippen molar-refractivity contribution in [2.75, 3.05) is 23.4 Å². The van der Waals surface area contributed by atoms with E-state index in [9.17, 15) is 9.90 Å². The van der Waals surface area contributed by atoms with E-state index in [1.807, 2.05) is 0 Å². The third kappa shape index (κ3) is 1.87. The zero-order valence-electron chi connectivity index (χ0n) is 9.67. The van der Waals surface area contributed by atoms with Crippen LogP contribution in [0.1, 0.15) is 6.42 Å². The first-order valence-electron chi connectivity index (χ1n) is 5.77. The van der Waals surface area contributed by atoms with Gasteiger partial charge in [0.1, 0.15) is 12.0 Å². The molecule has 1 aromatic rings. The van der Waals surface area contributed by atoms with Crippen molar-refractivity contribution in [1.29, 1.82) is 0 Å². The predicted octanol–water partition coefficient (Wildman–Crippen LogP) is -0.732. The number of nitrogens with two attached hydrogens (primary N) is 1. The molecule has 0 bridgehead atoms. The van der Waals surface area contributed by atoms with E-state index in [4.69, 9.17) is 10.5 Å². The molecule has 4 N–H and O–H groups in total. The van der Waals surface area contributed by atoms with Crippen molar-refractivity contribution in [3.8, 4) is 5.75 Å². The van der Waals surface area contributed by atoms with Gasteiger partial charge in [0.05, 0.1) is 0 Å². The van der Waals surface area contributed by atoms with Gasteiger partial charge in [-0.05, 0) is 12.1 Å². The number of hydrogen-bond donors (Lipinski definition) is 3. The van der Waals surface area contributed by atoms with E-state index in [1.54, 1.807) is 17.0 Å². The molecule has 0 spiro atoms. The third-order valence-electron chi connectivity index (χ3n) is 3.06. The standard InChI is InChI=1S/C11H14N4O3/c12-6-3-10(17)15(4-6)8-2-1-7-11(13-8)14-9(16)5-18-7/h1-2,6,10,17H,3-5,12H2,(H,13,14,16). The molecule has 1 fully saturated rings. The van der Waals surface area contributed by atoms with Crippen LogP contribution in [0.5, 0.6) is 5.75 Å². The van der Waals surface area contributed by atoms with Crippen molar-refractivity contribution in [1.82, 2.24) is 4.98 Å². The molecule has 0 aliphatic carbocycles. The summed E-state index contributed by atoms with van der Waals surface area (Å²) >= 11 is 0. The van der Waals surface area contributed by atoms with Crippen molar-refractivity contribution in [3.63, 3.8) is 0 Å². The van der Waals surface area contributed by atoms with Gasteiger partial charge in [0.2, 0.25) is 0 Å². The summed E-state index contributed by atoms with van der Waals surface area (Å²) in [6.45, 7) is 0.549. The molecule has 0 aromatic carbocycles. The quantitative estimate of drug-likeness (QED) is 0.607. The minimum Gasteiger partial charge on any atom is -0.480 e. The molecule has 0 saturated carbocycles. The van der Waals surface area contributed by atoms with Crippen molar-refractivity contribution >= 4 is 17.5 Å². The maximum atomic E-state index is 11.2. The van der Waals surface area contributed by atoms with E-state index in [2.05, 4.69) is 10.3 Å². The van der Waals surface area contributed by atoms with Crippen LogP contribution in [0.4, 0.5) is 11.6 Å². The maximum Gasteiger partial charge on any atom is 0.263 e. The zero-order chi connectivity index (χ0) is 12.7. The molecule has 1 aromatic heterocycles. The van der Waals surface area contributed by atoms with Gasteiger partial charge in [-0.1, -0.05) is 0 Å². The molecule has 2 atom stereocenters. The topological polar surface area (TPSA) is 101 Å². The molecular formula is C11H14N4O3. The Labute approximate surface area is 104 Å². The number of hydrogen-bond acceptors (Lipinski definition) is 6. The number of amides is 1. The molecule has 3 rings (SSSR count). The number of aliphatic hydroxyl groups excluding tert-OH is 1. The van der Waals surface area contributed by atoms with Gasteiger partial charge in [0.25, 0.3) is 5.91 Å². The Balaban J connectivity index is 1.90. The number of nitrogens with one attached hydrogen (secondary N) is 1. The molecule has 18 heavy (non-hydrogen) atoms. The molecule has 0 radical (unpaired) electrons. The molecule has 2 unspecified atom stereocenters. The first-order valence-corrected chi connectivity index (χ1v) is 5.77. The van der Waals surface area contributed by atoms with E-state index in [0.717, 1.165) is 0 Å². The fraction of sp³-hybridized carbons (Fsp3) is 0.455. The van der Waals surface area contributed by atoms with E-state index in [-0.39, 0.29) is 18.6 Å². The van der Waals surface area contributed by atoms with Crippen LogP contribution < -0.4 is 20.7 Å². The van der Waals surface area contributed by atoms with Crippen molar-refractivity contribution in [2.45, 2.75) is 18.7 Å². The highest BCUT2D eigenvalue weighted by Crippen LogP contribution is 2.30. The predicted molar refractivity (Wildman–Crippen MR) is 64.3 cm³/mol. The fourth-order valence-electron chi connectivity index (χ4n) is 2.21. The van der Waals surface area contributed by atoms with Gasteiger partial charge < -0.3 is 25.8 Å². The Morgan fingerprint density at radius 1 is 1.56 bits per heavy atom. The number of pyridine rings is 1. The molecular weight excluding hydrogens is 236 g/mol. The van der Waals surface area contributed by atoms with Gasteiger partial charge in [-0.2, -0.15) is 0 Å². The van der Waals surface area contributed by atoms with Crippen LogP contribution in [0.25, 0.3) is 0 Å². The van der Waals surface area contributed by atoms with Gasteiger partial charge in [-0.15, -0.1) is 0 Å². The SMILES string of the molecule is NC1CC(O)N(c2ccc3c(n2)NC(=O)CO3)C1. The van der Waals surface area contributed by atoms with Crippen molar-refractivity contribution in [3.05, 3.63) is 12.1 Å². The lowest BCUT2D eigenvalue weighted by molar-refractivity contribution is -0.118.